The smallest absolute Gasteiger partial charge is 0.417 e. The molecule has 0 aromatic heterocycles. The second kappa shape index (κ2) is 13.6. The number of amides is 3. The minimum absolute atomic E-state index is 0.0448. The minimum Gasteiger partial charge on any atom is -0.444 e. The normalized spacial score (nSPS) is 16.3. The Hall–Kier alpha value is -3.37. The molecule has 9 nitrogen and oxygen atoms in total. The predicted octanol–water partition coefficient (Wildman–Crippen LogP) is 3.08. The van der Waals surface area contributed by atoms with E-state index in [9.17, 15) is 14.4 Å². The molecule has 0 aliphatic carbocycles. The zero-order valence-corrected chi connectivity index (χ0v) is 21.3. The van der Waals surface area contributed by atoms with E-state index in [1.165, 1.54) is 6.92 Å². The van der Waals surface area contributed by atoms with Crippen LogP contribution in [0.25, 0.3) is 0 Å². The third-order valence-corrected chi connectivity index (χ3v) is 6.41. The lowest BCUT2D eigenvalue weighted by Crippen LogP contribution is -2.56. The number of hydrogen-bond acceptors (Lipinski definition) is 8. The van der Waals surface area contributed by atoms with Crippen molar-refractivity contribution < 1.29 is 24.0 Å². The molecule has 3 N–H and O–H groups in total. The van der Waals surface area contributed by atoms with Crippen LogP contribution in [-0.2, 0) is 32.2 Å². The number of carbonyl (C=O) groups excluding carboxylic acids is 3. The van der Waals surface area contributed by atoms with Crippen molar-refractivity contribution in [3.05, 3.63) is 71.8 Å². The maximum absolute atomic E-state index is 13.3. The second-order valence-electron chi connectivity index (χ2n) is 8.32. The Morgan fingerprint density at radius 3 is 2.42 bits per heavy atom. The molecule has 0 bridgehead atoms. The summed E-state index contributed by atoms with van der Waals surface area (Å²) in [7, 11) is 0. The number of nitrogens with zero attached hydrogens (tertiary/aromatic N) is 2. The third kappa shape index (κ3) is 7.82. The monoisotopic (exact) mass is 512 g/mol. The molecule has 3 rings (SSSR count). The van der Waals surface area contributed by atoms with Crippen LogP contribution in [0.4, 0.5) is 4.79 Å². The fraction of sp³-hybridized carbons (Fsp3) is 0.385. The summed E-state index contributed by atoms with van der Waals surface area (Å²) in [5.74, 6) is -0.335. The summed E-state index contributed by atoms with van der Waals surface area (Å²) in [5, 5.41) is 7.63. The number of oxime groups is 1. The Bertz CT molecular complexity index is 1050. The molecule has 10 heteroatoms. The summed E-state index contributed by atoms with van der Waals surface area (Å²) in [6.45, 7) is 3.64. The first-order valence-corrected chi connectivity index (χ1v) is 12.8. The van der Waals surface area contributed by atoms with Crippen LogP contribution in [0.5, 0.6) is 0 Å². The molecule has 3 amide bonds. The van der Waals surface area contributed by atoms with Crippen LogP contribution in [0.1, 0.15) is 31.4 Å². The van der Waals surface area contributed by atoms with Crippen molar-refractivity contribution in [2.24, 2.45) is 10.9 Å². The number of thioether (sulfide) groups is 1. The van der Waals surface area contributed by atoms with Crippen molar-refractivity contribution >= 4 is 34.7 Å². The van der Waals surface area contributed by atoms with Crippen LogP contribution < -0.4 is 11.1 Å². The lowest BCUT2D eigenvalue weighted by molar-refractivity contribution is -0.139. The minimum atomic E-state index is -1.14. The van der Waals surface area contributed by atoms with E-state index in [1.807, 2.05) is 55.5 Å². The molecule has 1 unspecified atom stereocenters. The van der Waals surface area contributed by atoms with Crippen LogP contribution in [-0.4, -0.2) is 58.3 Å². The highest BCUT2D eigenvalue weighted by Gasteiger charge is 2.36. The van der Waals surface area contributed by atoms with Gasteiger partial charge in [-0.15, -0.1) is 11.8 Å². The quantitative estimate of drug-likeness (QED) is 0.501. The van der Waals surface area contributed by atoms with Crippen LogP contribution in [0.3, 0.4) is 0 Å². The van der Waals surface area contributed by atoms with Gasteiger partial charge in [0.2, 0.25) is 11.8 Å². The Morgan fingerprint density at radius 1 is 1.14 bits per heavy atom. The molecule has 192 valence electrons. The number of carbonyl (C=O) groups is 3. The van der Waals surface area contributed by atoms with Crippen molar-refractivity contribution in [3.8, 4) is 0 Å². The van der Waals surface area contributed by atoms with Crippen molar-refractivity contribution in [3.63, 3.8) is 0 Å². The molecule has 3 atom stereocenters. The summed E-state index contributed by atoms with van der Waals surface area (Å²) >= 11 is 1.59. The summed E-state index contributed by atoms with van der Waals surface area (Å²) in [6.07, 6.45) is -0.430. The second-order valence-corrected chi connectivity index (χ2v) is 9.65. The Morgan fingerprint density at radius 2 is 1.78 bits per heavy atom. The molecular weight excluding hydrogens is 480 g/mol. The van der Waals surface area contributed by atoms with Gasteiger partial charge in [0.1, 0.15) is 17.7 Å². The van der Waals surface area contributed by atoms with Gasteiger partial charge in [0, 0.05) is 6.42 Å². The fourth-order valence-electron chi connectivity index (χ4n) is 3.61. The third-order valence-electron chi connectivity index (χ3n) is 5.54. The topological polar surface area (TPSA) is 123 Å². The molecule has 0 spiro atoms. The molecule has 0 radical (unpaired) electrons. The van der Waals surface area contributed by atoms with Crippen LogP contribution in [0.2, 0.25) is 0 Å². The molecule has 1 aliphatic rings. The van der Waals surface area contributed by atoms with Gasteiger partial charge in [-0.3, -0.25) is 9.59 Å². The van der Waals surface area contributed by atoms with Gasteiger partial charge in [-0.2, -0.15) is 0 Å². The fourth-order valence-corrected chi connectivity index (χ4v) is 4.34. The lowest BCUT2D eigenvalue weighted by Gasteiger charge is -2.28. The maximum Gasteiger partial charge on any atom is 0.417 e. The van der Waals surface area contributed by atoms with E-state index < -0.39 is 30.0 Å². The lowest BCUT2D eigenvalue weighted by atomic mass is 10.0. The Labute approximate surface area is 215 Å². The van der Waals surface area contributed by atoms with Gasteiger partial charge in [0.25, 0.3) is 0 Å². The number of rotatable bonds is 10. The van der Waals surface area contributed by atoms with E-state index in [4.69, 9.17) is 15.3 Å². The average Bonchev–Trinajstić information content (AvgIpc) is 3.34. The number of ether oxygens (including phenoxy) is 1. The van der Waals surface area contributed by atoms with Crippen LogP contribution in [0, 0.1) is 0 Å². The first kappa shape index (κ1) is 27.2. The zero-order chi connectivity index (χ0) is 25.9. The molecule has 2 aromatic rings. The molecular formula is C26H32N4O5S. The molecule has 0 fully saturated rings. The molecule has 1 aliphatic heterocycles. The van der Waals surface area contributed by atoms with Gasteiger partial charge in [-0.05, 0) is 30.2 Å². The van der Waals surface area contributed by atoms with E-state index >= 15 is 0 Å². The predicted molar refractivity (Wildman–Crippen MR) is 139 cm³/mol. The molecule has 1 heterocycles. The van der Waals surface area contributed by atoms with E-state index in [1.54, 1.807) is 23.9 Å². The van der Waals surface area contributed by atoms with Crippen molar-refractivity contribution in [2.75, 3.05) is 12.3 Å². The van der Waals surface area contributed by atoms with Gasteiger partial charge in [0.15, 0.2) is 6.10 Å². The summed E-state index contributed by atoms with van der Waals surface area (Å²) in [6, 6.07) is 16.1. The molecule has 0 saturated carbocycles. The largest absolute Gasteiger partial charge is 0.444 e. The number of nitrogens with one attached hydrogen (secondary N) is 1. The SMILES string of the molecule is CCSC1=NOC(CNC(=O)[C@H](C)N(C(=O)OCc2ccccc2)C(=O)[C@@H](N)Cc2ccccc2)C1. The average molecular weight is 513 g/mol. The summed E-state index contributed by atoms with van der Waals surface area (Å²) in [5.41, 5.74) is 7.78. The van der Waals surface area contributed by atoms with E-state index in [2.05, 4.69) is 10.5 Å². The molecule has 36 heavy (non-hydrogen) atoms. The Balaban J connectivity index is 1.66. The summed E-state index contributed by atoms with van der Waals surface area (Å²) in [4.78, 5) is 45.5. The number of benzene rings is 2. The van der Waals surface area contributed by atoms with Gasteiger partial charge >= 0.3 is 6.09 Å². The van der Waals surface area contributed by atoms with Gasteiger partial charge in [-0.1, -0.05) is 72.7 Å². The number of nitrogens with two attached hydrogens (primary N) is 1. The van der Waals surface area contributed by atoms with E-state index in [0.29, 0.717) is 6.42 Å². The molecule has 2 aromatic carbocycles. The molecule has 0 saturated heterocycles. The number of hydrogen-bond donors (Lipinski definition) is 2. The van der Waals surface area contributed by atoms with Crippen LogP contribution in [0.15, 0.2) is 65.8 Å². The van der Waals surface area contributed by atoms with Crippen LogP contribution >= 0.6 is 11.8 Å². The highest BCUT2D eigenvalue weighted by Crippen LogP contribution is 2.18. The van der Waals surface area contributed by atoms with Crippen molar-refractivity contribution in [1.82, 2.24) is 10.2 Å². The maximum atomic E-state index is 13.3. The van der Waals surface area contributed by atoms with Crippen molar-refractivity contribution in [1.29, 1.82) is 0 Å². The van der Waals surface area contributed by atoms with Gasteiger partial charge in [-0.25, -0.2) is 9.69 Å². The van der Waals surface area contributed by atoms with E-state index in [0.717, 1.165) is 26.8 Å². The highest BCUT2D eigenvalue weighted by molar-refractivity contribution is 8.13. The Kier molecular flexibility index (Phi) is 10.3. The first-order valence-electron chi connectivity index (χ1n) is 11.9. The summed E-state index contributed by atoms with van der Waals surface area (Å²) < 4.78 is 5.39. The highest BCUT2D eigenvalue weighted by atomic mass is 32.2. The standard InChI is InChI=1S/C26H32N4O5S/c1-3-36-23-15-21(35-29-23)16-28-24(31)18(2)30(26(33)34-17-20-12-8-5-9-13-20)25(32)22(27)14-19-10-6-4-7-11-19/h4-13,18,21-22H,3,14-17,27H2,1-2H3,(H,28,31)/t18-,21?,22-/m0/s1. The first-order chi connectivity index (χ1) is 17.4. The zero-order valence-electron chi connectivity index (χ0n) is 20.5. The van der Waals surface area contributed by atoms with Gasteiger partial charge in [0.05, 0.1) is 12.6 Å². The number of imide groups is 1. The van der Waals surface area contributed by atoms with Gasteiger partial charge < -0.3 is 20.6 Å². The van der Waals surface area contributed by atoms with Crippen molar-refractivity contribution in [2.45, 2.75) is 51.5 Å². The van der Waals surface area contributed by atoms with E-state index in [-0.39, 0.29) is 25.7 Å².